The van der Waals surface area contributed by atoms with Crippen molar-refractivity contribution in [2.45, 2.75) is 76.8 Å². The molecule has 2 aliphatic carbocycles. The number of benzene rings is 1. The van der Waals surface area contributed by atoms with Crippen LogP contribution in [-0.4, -0.2) is 23.2 Å². The molecule has 3 rings (SSSR count). The summed E-state index contributed by atoms with van der Waals surface area (Å²) in [5, 5.41) is 12.6. The highest BCUT2D eigenvalue weighted by atomic mass is 16.4. The van der Waals surface area contributed by atoms with E-state index in [-0.39, 0.29) is 0 Å². The van der Waals surface area contributed by atoms with Gasteiger partial charge >= 0.3 is 5.97 Å². The summed E-state index contributed by atoms with van der Waals surface area (Å²) in [5.41, 5.74) is 2.81. The summed E-state index contributed by atoms with van der Waals surface area (Å²) in [5.74, 6) is 0.869. The van der Waals surface area contributed by atoms with Crippen molar-refractivity contribution in [3.8, 4) is 0 Å². The van der Waals surface area contributed by atoms with Crippen LogP contribution in [0.5, 0.6) is 0 Å². The van der Waals surface area contributed by atoms with Crippen LogP contribution in [0, 0.1) is 11.8 Å². The fourth-order valence-electron chi connectivity index (χ4n) is 4.43. The lowest BCUT2D eigenvalue weighted by Crippen LogP contribution is -2.35. The molecular formula is C23H33NO2. The lowest BCUT2D eigenvalue weighted by atomic mass is 9.83. The lowest BCUT2D eigenvalue weighted by Gasteiger charge is -2.29. The molecule has 142 valence electrons. The van der Waals surface area contributed by atoms with Gasteiger partial charge in [-0.1, -0.05) is 54.8 Å². The van der Waals surface area contributed by atoms with Crippen molar-refractivity contribution in [1.82, 2.24) is 5.32 Å². The third-order valence-electron chi connectivity index (χ3n) is 6.12. The second kappa shape index (κ2) is 9.36. The quantitative estimate of drug-likeness (QED) is 0.593. The third kappa shape index (κ3) is 5.98. The van der Waals surface area contributed by atoms with E-state index >= 15 is 0 Å². The molecule has 0 radical (unpaired) electrons. The molecular weight excluding hydrogens is 322 g/mol. The summed E-state index contributed by atoms with van der Waals surface area (Å²) >= 11 is 0. The minimum absolute atomic E-state index is 0.329. The SMILES string of the molecule is C/C(=C\c1ccccc1)[C@@H]1C[C@H]1NC1CCC(CCCCC(=O)O)CC1. The molecule has 1 aromatic carbocycles. The van der Waals surface area contributed by atoms with Gasteiger partial charge in [-0.25, -0.2) is 0 Å². The predicted octanol–water partition coefficient (Wildman–Crippen LogP) is 5.27. The maximum absolute atomic E-state index is 10.6. The van der Waals surface area contributed by atoms with Gasteiger partial charge in [-0.2, -0.15) is 0 Å². The number of unbranched alkanes of at least 4 members (excludes halogenated alkanes) is 1. The van der Waals surface area contributed by atoms with Crippen LogP contribution in [0.4, 0.5) is 0 Å². The zero-order valence-corrected chi connectivity index (χ0v) is 16.0. The van der Waals surface area contributed by atoms with Crippen molar-refractivity contribution in [1.29, 1.82) is 0 Å². The molecule has 0 aliphatic heterocycles. The largest absolute Gasteiger partial charge is 0.481 e. The molecule has 0 unspecified atom stereocenters. The summed E-state index contributed by atoms with van der Waals surface area (Å²) in [6.07, 6.45) is 12.3. The van der Waals surface area contributed by atoms with Crippen molar-refractivity contribution >= 4 is 12.0 Å². The Bertz CT molecular complexity index is 602. The Morgan fingerprint density at radius 3 is 2.58 bits per heavy atom. The molecule has 3 heteroatoms. The molecule has 2 N–H and O–H groups in total. The molecule has 0 heterocycles. The standard InChI is InChI=1S/C23H33NO2/c1-17(15-19-8-3-2-4-9-19)21-16-22(21)24-20-13-11-18(12-14-20)7-5-6-10-23(25)26/h2-4,8-9,15,18,20-22,24H,5-7,10-14,16H2,1H3,(H,25,26)/b17-15+/t18?,20?,21-,22+/m0/s1. The molecule has 1 aromatic rings. The first-order valence-electron chi connectivity index (χ1n) is 10.3. The van der Waals surface area contributed by atoms with Gasteiger partial charge in [0.05, 0.1) is 0 Å². The Hall–Kier alpha value is -1.61. The van der Waals surface area contributed by atoms with Gasteiger partial charge < -0.3 is 10.4 Å². The van der Waals surface area contributed by atoms with Gasteiger partial charge in [-0.05, 0) is 62.8 Å². The van der Waals surface area contributed by atoms with E-state index in [4.69, 9.17) is 5.11 Å². The van der Waals surface area contributed by atoms with Gasteiger partial charge in [-0.15, -0.1) is 0 Å². The molecule has 0 spiro atoms. The fraction of sp³-hybridized carbons (Fsp3) is 0.609. The molecule has 0 aromatic heterocycles. The van der Waals surface area contributed by atoms with E-state index in [1.165, 1.54) is 49.7 Å². The number of hydrogen-bond acceptors (Lipinski definition) is 2. The number of rotatable bonds is 9. The molecule has 2 atom stereocenters. The van der Waals surface area contributed by atoms with E-state index in [1.807, 2.05) is 0 Å². The molecule has 0 amide bonds. The summed E-state index contributed by atoms with van der Waals surface area (Å²) < 4.78 is 0. The first-order chi connectivity index (χ1) is 12.6. The Labute approximate surface area is 157 Å². The van der Waals surface area contributed by atoms with Crippen LogP contribution in [0.2, 0.25) is 0 Å². The van der Waals surface area contributed by atoms with Gasteiger partial charge in [-0.3, -0.25) is 4.79 Å². The highest BCUT2D eigenvalue weighted by Gasteiger charge is 2.39. The van der Waals surface area contributed by atoms with E-state index < -0.39 is 5.97 Å². The van der Waals surface area contributed by atoms with Crippen LogP contribution >= 0.6 is 0 Å². The van der Waals surface area contributed by atoms with E-state index in [9.17, 15) is 4.79 Å². The van der Waals surface area contributed by atoms with Crippen molar-refractivity contribution in [2.75, 3.05) is 0 Å². The first kappa shape index (κ1) is 19.2. The van der Waals surface area contributed by atoms with Crippen LogP contribution in [0.3, 0.4) is 0 Å². The van der Waals surface area contributed by atoms with Gasteiger partial charge in [0, 0.05) is 18.5 Å². The number of aliphatic carboxylic acids is 1. The Balaban J connectivity index is 1.33. The number of carbonyl (C=O) groups is 1. The smallest absolute Gasteiger partial charge is 0.303 e. The van der Waals surface area contributed by atoms with Crippen molar-refractivity contribution in [2.24, 2.45) is 11.8 Å². The number of nitrogens with one attached hydrogen (secondary N) is 1. The van der Waals surface area contributed by atoms with E-state index in [0.717, 1.165) is 18.8 Å². The van der Waals surface area contributed by atoms with Crippen LogP contribution in [-0.2, 0) is 4.79 Å². The molecule has 3 nitrogen and oxygen atoms in total. The summed E-state index contributed by atoms with van der Waals surface area (Å²) in [7, 11) is 0. The maximum Gasteiger partial charge on any atom is 0.303 e. The van der Waals surface area contributed by atoms with Crippen LogP contribution in [0.15, 0.2) is 35.9 Å². The van der Waals surface area contributed by atoms with Crippen molar-refractivity contribution < 1.29 is 9.90 Å². The topological polar surface area (TPSA) is 49.3 Å². The number of carboxylic acid groups (broad SMARTS) is 1. The van der Waals surface area contributed by atoms with Crippen molar-refractivity contribution in [3.05, 3.63) is 41.5 Å². The highest BCUT2D eigenvalue weighted by molar-refractivity contribution is 5.66. The summed E-state index contributed by atoms with van der Waals surface area (Å²) in [6.45, 7) is 2.27. The molecule has 2 saturated carbocycles. The normalized spacial score (nSPS) is 28.7. The number of hydrogen-bond donors (Lipinski definition) is 2. The molecule has 0 bridgehead atoms. The molecule has 2 fully saturated rings. The molecule has 26 heavy (non-hydrogen) atoms. The fourth-order valence-corrected chi connectivity index (χ4v) is 4.43. The first-order valence-corrected chi connectivity index (χ1v) is 10.3. The van der Waals surface area contributed by atoms with E-state index in [1.54, 1.807) is 0 Å². The van der Waals surface area contributed by atoms with Gasteiger partial charge in [0.15, 0.2) is 0 Å². The average Bonchev–Trinajstić information content (AvgIpc) is 3.40. The van der Waals surface area contributed by atoms with Gasteiger partial charge in [0.2, 0.25) is 0 Å². The zero-order valence-electron chi connectivity index (χ0n) is 16.0. The van der Waals surface area contributed by atoms with Crippen LogP contribution < -0.4 is 5.32 Å². The van der Waals surface area contributed by atoms with Crippen LogP contribution in [0.1, 0.15) is 70.3 Å². The van der Waals surface area contributed by atoms with Gasteiger partial charge in [0.1, 0.15) is 0 Å². The van der Waals surface area contributed by atoms with Crippen molar-refractivity contribution in [3.63, 3.8) is 0 Å². The Morgan fingerprint density at radius 1 is 1.15 bits per heavy atom. The Morgan fingerprint density at radius 2 is 1.88 bits per heavy atom. The summed E-state index contributed by atoms with van der Waals surface area (Å²) in [6, 6.07) is 12.0. The minimum atomic E-state index is -0.659. The lowest BCUT2D eigenvalue weighted by molar-refractivity contribution is -0.137. The second-order valence-electron chi connectivity index (χ2n) is 8.27. The number of carboxylic acids is 1. The van der Waals surface area contributed by atoms with Gasteiger partial charge in [0.25, 0.3) is 0 Å². The second-order valence-corrected chi connectivity index (χ2v) is 8.27. The van der Waals surface area contributed by atoms with Crippen LogP contribution in [0.25, 0.3) is 6.08 Å². The van der Waals surface area contributed by atoms with E-state index in [0.29, 0.717) is 24.4 Å². The minimum Gasteiger partial charge on any atom is -0.481 e. The zero-order chi connectivity index (χ0) is 18.4. The Kier molecular flexibility index (Phi) is 6.90. The third-order valence-corrected chi connectivity index (χ3v) is 6.12. The maximum atomic E-state index is 10.6. The molecule has 2 aliphatic rings. The highest BCUT2D eigenvalue weighted by Crippen LogP contribution is 2.39. The predicted molar refractivity (Wildman–Crippen MR) is 107 cm³/mol. The summed E-state index contributed by atoms with van der Waals surface area (Å²) in [4.78, 5) is 10.6. The molecule has 0 saturated heterocycles. The average molecular weight is 356 g/mol. The monoisotopic (exact) mass is 355 g/mol. The van der Waals surface area contributed by atoms with E-state index in [2.05, 4.69) is 48.6 Å².